The van der Waals surface area contributed by atoms with Gasteiger partial charge >= 0.3 is 0 Å². The van der Waals surface area contributed by atoms with E-state index < -0.39 is 0 Å². The second-order valence-electron chi connectivity index (χ2n) is 8.16. The molecule has 0 aromatic heterocycles. The van der Waals surface area contributed by atoms with Crippen LogP contribution in [0.3, 0.4) is 0 Å². The molecule has 0 bridgehead atoms. The second kappa shape index (κ2) is 20.7. The van der Waals surface area contributed by atoms with Gasteiger partial charge in [0, 0.05) is 0 Å². The highest BCUT2D eigenvalue weighted by Crippen LogP contribution is 2.14. The van der Waals surface area contributed by atoms with Gasteiger partial charge in [-0.2, -0.15) is 0 Å². The maximum absolute atomic E-state index is 9.76. The third-order valence-electron chi connectivity index (χ3n) is 5.44. The Balaban J connectivity index is 0. The molecule has 0 aliphatic heterocycles. The quantitative estimate of drug-likeness (QED) is 0.191. The van der Waals surface area contributed by atoms with Crippen LogP contribution in [0.25, 0.3) is 0 Å². The SMILES string of the molecule is CCCCCCCCCC[N+](C)(CO)CCCCCCCCCC.[Br-]. The second-order valence-corrected chi connectivity index (χ2v) is 8.16. The summed E-state index contributed by atoms with van der Waals surface area (Å²) in [5.41, 5.74) is 0. The first kappa shape index (κ1) is 27.6. The molecule has 0 heterocycles. The molecule has 0 fully saturated rings. The Bertz CT molecular complexity index is 228. The topological polar surface area (TPSA) is 20.2 Å². The van der Waals surface area contributed by atoms with Gasteiger partial charge in [-0.25, -0.2) is 0 Å². The molecule has 3 heteroatoms. The van der Waals surface area contributed by atoms with E-state index in [0.717, 1.165) is 17.6 Å². The molecule has 0 atom stereocenters. The van der Waals surface area contributed by atoms with Crippen LogP contribution in [0.1, 0.15) is 117 Å². The van der Waals surface area contributed by atoms with Crippen molar-refractivity contribution >= 4 is 0 Å². The Labute approximate surface area is 170 Å². The Morgan fingerprint density at radius 2 is 0.800 bits per heavy atom. The summed E-state index contributed by atoms with van der Waals surface area (Å²) >= 11 is 0. The minimum Gasteiger partial charge on any atom is -1.00 e. The van der Waals surface area contributed by atoms with Crippen molar-refractivity contribution in [2.45, 2.75) is 117 Å². The predicted molar refractivity (Wildman–Crippen MR) is 108 cm³/mol. The molecule has 154 valence electrons. The molecule has 0 unspecified atom stereocenters. The fraction of sp³-hybridized carbons (Fsp3) is 1.00. The highest BCUT2D eigenvalue weighted by molar-refractivity contribution is 4.49. The smallest absolute Gasteiger partial charge is 0.180 e. The van der Waals surface area contributed by atoms with Crippen LogP contribution in [0, 0.1) is 0 Å². The molecule has 0 saturated carbocycles. The van der Waals surface area contributed by atoms with Crippen LogP contribution in [0.5, 0.6) is 0 Å². The Morgan fingerprint density at radius 1 is 0.520 bits per heavy atom. The number of hydrogen-bond acceptors (Lipinski definition) is 1. The normalized spacial score (nSPS) is 11.5. The summed E-state index contributed by atoms with van der Waals surface area (Å²) in [5.74, 6) is 0. The maximum atomic E-state index is 9.76. The summed E-state index contributed by atoms with van der Waals surface area (Å²) in [7, 11) is 2.24. The molecule has 0 saturated heterocycles. The number of hydrogen-bond donors (Lipinski definition) is 1. The minimum atomic E-state index is 0. The van der Waals surface area contributed by atoms with Crippen LogP contribution in [-0.4, -0.2) is 36.5 Å². The zero-order valence-corrected chi connectivity index (χ0v) is 19.3. The lowest BCUT2D eigenvalue weighted by Gasteiger charge is -2.32. The fourth-order valence-electron chi connectivity index (χ4n) is 3.51. The van der Waals surface area contributed by atoms with Crippen molar-refractivity contribution in [3.8, 4) is 0 Å². The third-order valence-corrected chi connectivity index (χ3v) is 5.44. The van der Waals surface area contributed by atoms with Gasteiger partial charge in [0.25, 0.3) is 0 Å². The van der Waals surface area contributed by atoms with E-state index in [4.69, 9.17) is 0 Å². The number of quaternary nitrogens is 1. The standard InChI is InChI=1S/C22H48NO.BrH/c1-4-6-8-10-12-14-16-18-20-23(3,22-24)21-19-17-15-13-11-9-7-5-2;/h24H,4-22H2,1-3H3;1H/q+1;/p-1. The van der Waals surface area contributed by atoms with Crippen LogP contribution < -0.4 is 17.0 Å². The van der Waals surface area contributed by atoms with Gasteiger partial charge in [0.2, 0.25) is 0 Å². The fourth-order valence-corrected chi connectivity index (χ4v) is 3.51. The summed E-state index contributed by atoms with van der Waals surface area (Å²) in [4.78, 5) is 0. The van der Waals surface area contributed by atoms with E-state index >= 15 is 0 Å². The molecule has 0 aromatic rings. The highest BCUT2D eigenvalue weighted by atomic mass is 79.9. The summed E-state index contributed by atoms with van der Waals surface area (Å²) in [6, 6.07) is 0. The maximum Gasteiger partial charge on any atom is 0.180 e. The van der Waals surface area contributed by atoms with E-state index in [1.54, 1.807) is 0 Å². The Morgan fingerprint density at radius 3 is 1.08 bits per heavy atom. The molecule has 0 aliphatic rings. The van der Waals surface area contributed by atoms with Gasteiger partial charge in [-0.1, -0.05) is 90.9 Å². The monoisotopic (exact) mass is 421 g/mol. The minimum absolute atomic E-state index is 0. The number of rotatable bonds is 19. The Kier molecular flexibility index (Phi) is 22.9. The van der Waals surface area contributed by atoms with Crippen molar-refractivity contribution in [3.63, 3.8) is 0 Å². The largest absolute Gasteiger partial charge is 1.00 e. The molecule has 0 rings (SSSR count). The zero-order valence-electron chi connectivity index (χ0n) is 17.7. The van der Waals surface area contributed by atoms with Crippen molar-refractivity contribution in [1.82, 2.24) is 0 Å². The van der Waals surface area contributed by atoms with E-state index in [2.05, 4.69) is 20.9 Å². The summed E-state index contributed by atoms with van der Waals surface area (Å²) in [5, 5.41) is 9.76. The number of unbranched alkanes of at least 4 members (excludes halogenated alkanes) is 14. The predicted octanol–water partition coefficient (Wildman–Crippen LogP) is 3.67. The van der Waals surface area contributed by atoms with Gasteiger partial charge < -0.3 is 26.6 Å². The first-order valence-corrected chi connectivity index (χ1v) is 11.1. The average molecular weight is 423 g/mol. The molecular weight excluding hydrogens is 374 g/mol. The van der Waals surface area contributed by atoms with Crippen LogP contribution >= 0.6 is 0 Å². The van der Waals surface area contributed by atoms with E-state index in [-0.39, 0.29) is 17.0 Å². The van der Waals surface area contributed by atoms with Crippen LogP contribution in [0.15, 0.2) is 0 Å². The van der Waals surface area contributed by atoms with Gasteiger partial charge in [-0.15, -0.1) is 0 Å². The molecule has 2 nitrogen and oxygen atoms in total. The lowest BCUT2D eigenvalue weighted by Crippen LogP contribution is -3.00. The first-order valence-electron chi connectivity index (χ1n) is 11.1. The van der Waals surface area contributed by atoms with Crippen molar-refractivity contribution in [2.24, 2.45) is 0 Å². The summed E-state index contributed by atoms with van der Waals surface area (Å²) in [6.07, 6.45) is 22.0. The van der Waals surface area contributed by atoms with Crippen molar-refractivity contribution < 1.29 is 26.6 Å². The van der Waals surface area contributed by atoms with Gasteiger partial charge in [0.15, 0.2) is 6.73 Å². The number of aliphatic hydroxyl groups is 1. The van der Waals surface area contributed by atoms with Crippen molar-refractivity contribution in [2.75, 3.05) is 26.9 Å². The van der Waals surface area contributed by atoms with Crippen molar-refractivity contribution in [1.29, 1.82) is 0 Å². The number of nitrogens with zero attached hydrogens (tertiary/aromatic N) is 1. The number of aliphatic hydroxyl groups excluding tert-OH is 1. The molecule has 0 aliphatic carbocycles. The Hall–Kier alpha value is 0.400. The van der Waals surface area contributed by atoms with Crippen LogP contribution in [0.4, 0.5) is 0 Å². The highest BCUT2D eigenvalue weighted by Gasteiger charge is 2.18. The van der Waals surface area contributed by atoms with E-state index in [9.17, 15) is 5.11 Å². The molecule has 0 radical (unpaired) electrons. The van der Waals surface area contributed by atoms with E-state index in [1.807, 2.05) is 0 Å². The van der Waals surface area contributed by atoms with E-state index in [1.165, 1.54) is 103 Å². The number of halogens is 1. The molecule has 0 amide bonds. The van der Waals surface area contributed by atoms with E-state index in [0.29, 0.717) is 6.73 Å². The lowest BCUT2D eigenvalue weighted by atomic mass is 10.1. The van der Waals surface area contributed by atoms with Gasteiger partial charge in [0.1, 0.15) is 0 Å². The van der Waals surface area contributed by atoms with Gasteiger partial charge in [-0.05, 0) is 25.7 Å². The van der Waals surface area contributed by atoms with Crippen LogP contribution in [-0.2, 0) is 0 Å². The van der Waals surface area contributed by atoms with Gasteiger partial charge in [0.05, 0.1) is 20.1 Å². The van der Waals surface area contributed by atoms with Gasteiger partial charge in [-0.3, -0.25) is 0 Å². The molecule has 1 N–H and O–H groups in total. The third kappa shape index (κ3) is 19.0. The lowest BCUT2D eigenvalue weighted by molar-refractivity contribution is -0.927. The summed E-state index contributed by atoms with van der Waals surface area (Å²) in [6.45, 7) is 7.18. The molecule has 25 heavy (non-hydrogen) atoms. The molecule has 0 aromatic carbocycles. The van der Waals surface area contributed by atoms with Crippen LogP contribution in [0.2, 0.25) is 0 Å². The van der Waals surface area contributed by atoms with Crippen molar-refractivity contribution in [3.05, 3.63) is 0 Å². The summed E-state index contributed by atoms with van der Waals surface area (Å²) < 4.78 is 0.867. The zero-order chi connectivity index (χ0) is 17.9. The average Bonchev–Trinajstić information content (AvgIpc) is 2.59. The molecular formula is C22H48BrNO. The molecule has 0 spiro atoms. The first-order chi connectivity index (χ1) is 11.7.